The Morgan fingerprint density at radius 2 is 1.50 bits per heavy atom. The van der Waals surface area contributed by atoms with Gasteiger partial charge in [0, 0.05) is 19.6 Å². The van der Waals surface area contributed by atoms with Gasteiger partial charge in [-0.25, -0.2) is 8.42 Å². The van der Waals surface area contributed by atoms with Gasteiger partial charge in [-0.1, -0.05) is 49.4 Å². The first-order valence-electron chi connectivity index (χ1n) is 8.49. The molecule has 0 radical (unpaired) electrons. The van der Waals surface area contributed by atoms with Crippen LogP contribution in [0.15, 0.2) is 59.5 Å². The standard InChI is InChI=1S/C19H24N2O2S/c1-2-20-13-6-14-21(16-15-20)24(22,23)19-11-9-18(10-12-19)17-7-4-3-5-8-17/h3-5,7-12H,2,6,13-16H2,1H3. The van der Waals surface area contributed by atoms with Gasteiger partial charge < -0.3 is 4.90 Å². The highest BCUT2D eigenvalue weighted by atomic mass is 32.2. The lowest BCUT2D eigenvalue weighted by Crippen LogP contribution is -2.35. The summed E-state index contributed by atoms with van der Waals surface area (Å²) in [7, 11) is -3.41. The van der Waals surface area contributed by atoms with E-state index < -0.39 is 10.0 Å². The molecule has 1 saturated heterocycles. The van der Waals surface area contributed by atoms with Gasteiger partial charge >= 0.3 is 0 Å². The summed E-state index contributed by atoms with van der Waals surface area (Å²) < 4.78 is 27.4. The molecule has 1 fully saturated rings. The summed E-state index contributed by atoms with van der Waals surface area (Å²) in [4.78, 5) is 2.68. The van der Waals surface area contributed by atoms with Crippen LogP contribution in [0.5, 0.6) is 0 Å². The van der Waals surface area contributed by atoms with Crippen LogP contribution >= 0.6 is 0 Å². The van der Waals surface area contributed by atoms with Crippen LogP contribution in [0.1, 0.15) is 13.3 Å². The molecule has 1 aliphatic rings. The third-order valence-corrected chi connectivity index (χ3v) is 6.51. The summed E-state index contributed by atoms with van der Waals surface area (Å²) in [5.74, 6) is 0. The number of nitrogens with zero attached hydrogens (tertiary/aromatic N) is 2. The van der Waals surface area contributed by atoms with Gasteiger partial charge in [-0.15, -0.1) is 0 Å². The summed E-state index contributed by atoms with van der Waals surface area (Å²) in [6, 6.07) is 17.2. The second-order valence-electron chi connectivity index (χ2n) is 6.08. The molecule has 0 bridgehead atoms. The molecule has 0 unspecified atom stereocenters. The van der Waals surface area contributed by atoms with Crippen molar-refractivity contribution in [2.75, 3.05) is 32.7 Å². The van der Waals surface area contributed by atoms with Crippen molar-refractivity contribution in [3.05, 3.63) is 54.6 Å². The Morgan fingerprint density at radius 3 is 2.17 bits per heavy atom. The van der Waals surface area contributed by atoms with Crippen LogP contribution in [0.4, 0.5) is 0 Å². The van der Waals surface area contributed by atoms with Crippen LogP contribution in [-0.2, 0) is 10.0 Å². The molecular formula is C19H24N2O2S. The molecule has 2 aromatic carbocycles. The second kappa shape index (κ2) is 7.47. The maximum absolute atomic E-state index is 12.9. The predicted octanol–water partition coefficient (Wildman–Crippen LogP) is 3.07. The molecule has 0 saturated carbocycles. The topological polar surface area (TPSA) is 40.6 Å². The van der Waals surface area contributed by atoms with Gasteiger partial charge in [0.1, 0.15) is 0 Å². The molecule has 0 N–H and O–H groups in total. The van der Waals surface area contributed by atoms with Gasteiger partial charge in [-0.3, -0.25) is 0 Å². The predicted molar refractivity (Wildman–Crippen MR) is 97.4 cm³/mol. The zero-order valence-corrected chi connectivity index (χ0v) is 14.9. The quantitative estimate of drug-likeness (QED) is 0.856. The van der Waals surface area contributed by atoms with E-state index in [0.717, 1.165) is 37.2 Å². The highest BCUT2D eigenvalue weighted by Crippen LogP contribution is 2.23. The molecule has 24 heavy (non-hydrogen) atoms. The number of benzene rings is 2. The van der Waals surface area contributed by atoms with Gasteiger partial charge in [-0.2, -0.15) is 4.31 Å². The SMILES string of the molecule is CCN1CCCN(S(=O)(=O)c2ccc(-c3ccccc3)cc2)CC1. The van der Waals surface area contributed by atoms with Gasteiger partial charge in [0.15, 0.2) is 0 Å². The molecule has 0 aliphatic carbocycles. The number of rotatable bonds is 4. The van der Waals surface area contributed by atoms with E-state index in [1.54, 1.807) is 16.4 Å². The van der Waals surface area contributed by atoms with E-state index in [4.69, 9.17) is 0 Å². The smallest absolute Gasteiger partial charge is 0.243 e. The summed E-state index contributed by atoms with van der Waals surface area (Å²) in [5, 5.41) is 0. The fourth-order valence-electron chi connectivity index (χ4n) is 3.10. The molecule has 1 aliphatic heterocycles. The Bertz CT molecular complexity index is 758. The minimum atomic E-state index is -3.41. The van der Waals surface area contributed by atoms with Crippen LogP contribution in [-0.4, -0.2) is 50.3 Å². The largest absolute Gasteiger partial charge is 0.302 e. The lowest BCUT2D eigenvalue weighted by molar-refractivity contribution is 0.302. The minimum absolute atomic E-state index is 0.382. The van der Waals surface area contributed by atoms with Crippen molar-refractivity contribution < 1.29 is 8.42 Å². The third kappa shape index (κ3) is 3.69. The molecule has 1 heterocycles. The van der Waals surface area contributed by atoms with E-state index in [0.29, 0.717) is 18.0 Å². The maximum atomic E-state index is 12.9. The van der Waals surface area contributed by atoms with Crippen molar-refractivity contribution in [2.24, 2.45) is 0 Å². The minimum Gasteiger partial charge on any atom is -0.302 e. The Hall–Kier alpha value is -1.69. The zero-order chi connectivity index (χ0) is 17.0. The first-order valence-corrected chi connectivity index (χ1v) is 9.93. The molecule has 0 atom stereocenters. The Balaban J connectivity index is 1.80. The van der Waals surface area contributed by atoms with Crippen LogP contribution in [0, 0.1) is 0 Å². The summed E-state index contributed by atoms with van der Waals surface area (Å²) >= 11 is 0. The average molecular weight is 344 g/mol. The van der Waals surface area contributed by atoms with Crippen LogP contribution in [0.25, 0.3) is 11.1 Å². The van der Waals surface area contributed by atoms with E-state index in [1.807, 2.05) is 42.5 Å². The summed E-state index contributed by atoms with van der Waals surface area (Å²) in [5.41, 5.74) is 2.12. The van der Waals surface area contributed by atoms with E-state index in [1.165, 1.54) is 0 Å². The molecule has 2 aromatic rings. The van der Waals surface area contributed by atoms with E-state index >= 15 is 0 Å². The molecule has 3 rings (SSSR count). The molecule has 0 spiro atoms. The zero-order valence-electron chi connectivity index (χ0n) is 14.1. The fraction of sp³-hybridized carbons (Fsp3) is 0.368. The molecule has 0 amide bonds. The molecule has 4 nitrogen and oxygen atoms in total. The summed E-state index contributed by atoms with van der Waals surface area (Å²) in [6.07, 6.45) is 0.884. The van der Waals surface area contributed by atoms with Crippen molar-refractivity contribution in [3.8, 4) is 11.1 Å². The first kappa shape index (κ1) is 17.1. The van der Waals surface area contributed by atoms with E-state index in [9.17, 15) is 8.42 Å². The van der Waals surface area contributed by atoms with Crippen LogP contribution in [0.3, 0.4) is 0 Å². The van der Waals surface area contributed by atoms with Gasteiger partial charge in [-0.05, 0) is 42.8 Å². The van der Waals surface area contributed by atoms with Gasteiger partial charge in [0.25, 0.3) is 0 Å². The Morgan fingerprint density at radius 1 is 0.833 bits per heavy atom. The molecular weight excluding hydrogens is 320 g/mol. The lowest BCUT2D eigenvalue weighted by atomic mass is 10.1. The third-order valence-electron chi connectivity index (χ3n) is 4.59. The van der Waals surface area contributed by atoms with Gasteiger partial charge in [0.2, 0.25) is 10.0 Å². The van der Waals surface area contributed by atoms with Crippen molar-refractivity contribution in [1.82, 2.24) is 9.21 Å². The van der Waals surface area contributed by atoms with Crippen molar-refractivity contribution in [1.29, 1.82) is 0 Å². The van der Waals surface area contributed by atoms with Crippen molar-refractivity contribution >= 4 is 10.0 Å². The molecule has 5 heteroatoms. The maximum Gasteiger partial charge on any atom is 0.243 e. The highest BCUT2D eigenvalue weighted by Gasteiger charge is 2.26. The summed E-state index contributed by atoms with van der Waals surface area (Å²) in [6.45, 7) is 6.02. The number of hydrogen-bond donors (Lipinski definition) is 0. The van der Waals surface area contributed by atoms with Crippen LogP contribution in [0.2, 0.25) is 0 Å². The van der Waals surface area contributed by atoms with E-state index in [2.05, 4.69) is 11.8 Å². The Kier molecular flexibility index (Phi) is 5.33. The average Bonchev–Trinajstić information content (AvgIpc) is 2.89. The lowest BCUT2D eigenvalue weighted by Gasteiger charge is -2.21. The van der Waals surface area contributed by atoms with E-state index in [-0.39, 0.29) is 0 Å². The normalized spacial score (nSPS) is 17.5. The number of hydrogen-bond acceptors (Lipinski definition) is 3. The van der Waals surface area contributed by atoms with Crippen molar-refractivity contribution in [2.45, 2.75) is 18.2 Å². The second-order valence-corrected chi connectivity index (χ2v) is 8.02. The molecule has 0 aromatic heterocycles. The number of likely N-dealkylation sites (N-methyl/N-ethyl adjacent to an activating group) is 1. The Labute approximate surface area is 144 Å². The highest BCUT2D eigenvalue weighted by molar-refractivity contribution is 7.89. The fourth-order valence-corrected chi connectivity index (χ4v) is 4.57. The monoisotopic (exact) mass is 344 g/mol. The van der Waals surface area contributed by atoms with Gasteiger partial charge in [0.05, 0.1) is 4.90 Å². The van der Waals surface area contributed by atoms with Crippen LogP contribution < -0.4 is 0 Å². The first-order chi connectivity index (χ1) is 11.6. The van der Waals surface area contributed by atoms with Crippen molar-refractivity contribution in [3.63, 3.8) is 0 Å². The number of sulfonamides is 1. The molecule has 128 valence electrons.